The molecule has 5 heteroatoms. The van der Waals surface area contributed by atoms with E-state index in [-0.39, 0.29) is 11.5 Å². The normalized spacial score (nSPS) is 38.2. The number of sulfone groups is 1. The van der Waals surface area contributed by atoms with Crippen molar-refractivity contribution < 1.29 is 18.3 Å². The Kier molecular flexibility index (Phi) is 1.98. The first-order valence-corrected chi connectivity index (χ1v) is 4.78. The summed E-state index contributed by atoms with van der Waals surface area (Å²) in [5, 5.41) is 9.02. The average molecular weight is 166 g/mol. The predicted molar refractivity (Wildman–Crippen MR) is 35.5 cm³/mol. The van der Waals surface area contributed by atoms with Crippen LogP contribution in [0.2, 0.25) is 0 Å². The Morgan fingerprint density at radius 2 is 2.10 bits per heavy atom. The number of methoxy groups -OCH3 is 1. The maximum Gasteiger partial charge on any atom is 0.155 e. The molecule has 10 heavy (non-hydrogen) atoms. The molecule has 1 aliphatic heterocycles. The molecule has 0 aromatic carbocycles. The van der Waals surface area contributed by atoms with Crippen LogP contribution in [0, 0.1) is 0 Å². The van der Waals surface area contributed by atoms with Crippen LogP contribution in [0.4, 0.5) is 0 Å². The zero-order chi connectivity index (χ0) is 7.78. The molecule has 2 atom stereocenters. The van der Waals surface area contributed by atoms with Crippen LogP contribution in [0.1, 0.15) is 0 Å². The largest absolute Gasteiger partial charge is 0.389 e. The van der Waals surface area contributed by atoms with Crippen molar-refractivity contribution >= 4 is 9.84 Å². The zero-order valence-corrected chi connectivity index (χ0v) is 6.47. The molecule has 0 bridgehead atoms. The van der Waals surface area contributed by atoms with E-state index < -0.39 is 22.0 Å². The summed E-state index contributed by atoms with van der Waals surface area (Å²) in [4.78, 5) is 0. The molecule has 1 saturated heterocycles. The fourth-order valence-electron chi connectivity index (χ4n) is 1.02. The van der Waals surface area contributed by atoms with Crippen LogP contribution in [-0.4, -0.2) is 44.3 Å². The third kappa shape index (κ3) is 1.47. The smallest absolute Gasteiger partial charge is 0.155 e. The Morgan fingerprint density at radius 1 is 1.50 bits per heavy atom. The van der Waals surface area contributed by atoms with Crippen molar-refractivity contribution in [1.82, 2.24) is 0 Å². The Bertz CT molecular complexity index is 208. The minimum absolute atomic E-state index is 0.0509. The summed E-state index contributed by atoms with van der Waals surface area (Å²) in [7, 11) is -1.63. The molecular weight excluding hydrogens is 156 g/mol. The van der Waals surface area contributed by atoms with Gasteiger partial charge in [-0.1, -0.05) is 0 Å². The molecule has 1 aliphatic rings. The molecule has 60 valence electrons. The Labute approximate surface area is 59.7 Å². The molecule has 0 aliphatic carbocycles. The zero-order valence-electron chi connectivity index (χ0n) is 5.65. The second-order valence-electron chi connectivity index (χ2n) is 2.42. The van der Waals surface area contributed by atoms with Gasteiger partial charge in [0.15, 0.2) is 9.84 Å². The summed E-state index contributed by atoms with van der Waals surface area (Å²) >= 11 is 0. The van der Waals surface area contributed by atoms with Crippen LogP contribution < -0.4 is 0 Å². The van der Waals surface area contributed by atoms with Crippen LogP contribution >= 0.6 is 0 Å². The standard InChI is InChI=1S/C5H10O4S/c1-9-5-3-10(7,8)2-4(5)6/h4-6H,2-3H2,1H3/t4-,5-/m1/s1. The van der Waals surface area contributed by atoms with Crippen molar-refractivity contribution in [3.8, 4) is 0 Å². The van der Waals surface area contributed by atoms with Gasteiger partial charge in [-0.15, -0.1) is 0 Å². The molecule has 0 unspecified atom stereocenters. The first-order valence-electron chi connectivity index (χ1n) is 2.96. The van der Waals surface area contributed by atoms with Crippen molar-refractivity contribution in [2.75, 3.05) is 18.6 Å². The number of aliphatic hydroxyl groups is 1. The lowest BCUT2D eigenvalue weighted by Crippen LogP contribution is -2.25. The highest BCUT2D eigenvalue weighted by Gasteiger charge is 2.36. The average Bonchev–Trinajstić information content (AvgIpc) is 2.05. The fourth-order valence-corrected chi connectivity index (χ4v) is 2.75. The van der Waals surface area contributed by atoms with Gasteiger partial charge in [0, 0.05) is 7.11 Å². The quantitative estimate of drug-likeness (QED) is 0.531. The van der Waals surface area contributed by atoms with Crippen LogP contribution in [-0.2, 0) is 14.6 Å². The summed E-state index contributed by atoms with van der Waals surface area (Å²) in [6.45, 7) is 0. The molecule has 0 spiro atoms. The van der Waals surface area contributed by atoms with Gasteiger partial charge in [-0.3, -0.25) is 0 Å². The van der Waals surface area contributed by atoms with Gasteiger partial charge in [0.2, 0.25) is 0 Å². The van der Waals surface area contributed by atoms with Gasteiger partial charge in [-0.2, -0.15) is 0 Å². The van der Waals surface area contributed by atoms with E-state index in [0.717, 1.165) is 0 Å². The Balaban J connectivity index is 2.71. The van der Waals surface area contributed by atoms with Gasteiger partial charge in [-0.25, -0.2) is 8.42 Å². The van der Waals surface area contributed by atoms with E-state index in [0.29, 0.717) is 0 Å². The molecule has 1 N–H and O–H groups in total. The highest BCUT2D eigenvalue weighted by atomic mass is 32.2. The van der Waals surface area contributed by atoms with E-state index in [2.05, 4.69) is 0 Å². The van der Waals surface area contributed by atoms with Crippen molar-refractivity contribution in [3.05, 3.63) is 0 Å². The first kappa shape index (κ1) is 7.97. The molecule has 0 amide bonds. The molecule has 4 nitrogen and oxygen atoms in total. The van der Waals surface area contributed by atoms with E-state index in [9.17, 15) is 8.42 Å². The number of hydrogen-bond acceptors (Lipinski definition) is 4. The molecule has 1 rings (SSSR count). The van der Waals surface area contributed by atoms with Crippen LogP contribution in [0.5, 0.6) is 0 Å². The number of ether oxygens (including phenoxy) is 1. The highest BCUT2D eigenvalue weighted by molar-refractivity contribution is 7.91. The van der Waals surface area contributed by atoms with E-state index in [1.54, 1.807) is 0 Å². The highest BCUT2D eigenvalue weighted by Crippen LogP contribution is 2.14. The van der Waals surface area contributed by atoms with Gasteiger partial charge in [0.1, 0.15) is 0 Å². The molecular formula is C5H10O4S. The molecule has 0 aromatic heterocycles. The lowest BCUT2D eigenvalue weighted by atomic mass is 10.3. The van der Waals surface area contributed by atoms with E-state index >= 15 is 0 Å². The van der Waals surface area contributed by atoms with Gasteiger partial charge >= 0.3 is 0 Å². The van der Waals surface area contributed by atoms with Crippen molar-refractivity contribution in [1.29, 1.82) is 0 Å². The van der Waals surface area contributed by atoms with E-state index in [1.165, 1.54) is 7.11 Å². The first-order chi connectivity index (χ1) is 4.55. The van der Waals surface area contributed by atoms with Crippen LogP contribution in [0.25, 0.3) is 0 Å². The molecule has 0 aromatic rings. The second-order valence-corrected chi connectivity index (χ2v) is 4.57. The second kappa shape index (κ2) is 2.48. The van der Waals surface area contributed by atoms with Crippen LogP contribution in [0.15, 0.2) is 0 Å². The topological polar surface area (TPSA) is 63.6 Å². The van der Waals surface area contributed by atoms with Gasteiger partial charge in [0.05, 0.1) is 23.7 Å². The number of aliphatic hydroxyl groups excluding tert-OH is 1. The van der Waals surface area contributed by atoms with Crippen LogP contribution in [0.3, 0.4) is 0 Å². The molecule has 1 heterocycles. The maximum atomic E-state index is 10.8. The van der Waals surface area contributed by atoms with Gasteiger partial charge < -0.3 is 9.84 Å². The number of hydrogen-bond donors (Lipinski definition) is 1. The van der Waals surface area contributed by atoms with E-state index in [4.69, 9.17) is 9.84 Å². The Hall–Kier alpha value is -0.130. The fraction of sp³-hybridized carbons (Fsp3) is 1.00. The predicted octanol–water partition coefficient (Wildman–Crippen LogP) is -1.21. The monoisotopic (exact) mass is 166 g/mol. The molecule has 1 fully saturated rings. The summed E-state index contributed by atoms with van der Waals surface area (Å²) in [6.07, 6.45) is -1.36. The van der Waals surface area contributed by atoms with Gasteiger partial charge in [-0.05, 0) is 0 Å². The summed E-state index contributed by atoms with van der Waals surface area (Å²) < 4.78 is 26.3. The van der Waals surface area contributed by atoms with Gasteiger partial charge in [0.25, 0.3) is 0 Å². The van der Waals surface area contributed by atoms with Crippen molar-refractivity contribution in [3.63, 3.8) is 0 Å². The third-order valence-electron chi connectivity index (χ3n) is 1.57. The lowest BCUT2D eigenvalue weighted by molar-refractivity contribution is 0.0218. The minimum Gasteiger partial charge on any atom is -0.389 e. The Morgan fingerprint density at radius 3 is 2.30 bits per heavy atom. The summed E-state index contributed by atoms with van der Waals surface area (Å²) in [6, 6.07) is 0. The summed E-state index contributed by atoms with van der Waals surface area (Å²) in [5.41, 5.74) is 0. The third-order valence-corrected chi connectivity index (χ3v) is 3.26. The lowest BCUT2D eigenvalue weighted by Gasteiger charge is -2.08. The van der Waals surface area contributed by atoms with E-state index in [1.807, 2.05) is 0 Å². The maximum absolute atomic E-state index is 10.8. The number of rotatable bonds is 1. The molecule has 0 saturated carbocycles. The molecule has 0 radical (unpaired) electrons. The summed E-state index contributed by atoms with van der Waals surface area (Å²) in [5.74, 6) is -0.212. The SMILES string of the molecule is CO[C@@H]1CS(=O)(=O)C[C@H]1O. The minimum atomic E-state index is -3.03. The van der Waals surface area contributed by atoms with Crippen molar-refractivity contribution in [2.45, 2.75) is 12.2 Å². The van der Waals surface area contributed by atoms with Crippen molar-refractivity contribution in [2.24, 2.45) is 0 Å².